The van der Waals surface area contributed by atoms with Crippen molar-refractivity contribution in [2.45, 2.75) is 0 Å². The van der Waals surface area contributed by atoms with Crippen molar-refractivity contribution in [3.63, 3.8) is 0 Å². The van der Waals surface area contributed by atoms with Gasteiger partial charge in [0.05, 0.1) is 36.7 Å². The largest absolute Gasteiger partial charge is 0.505 e. The summed E-state index contributed by atoms with van der Waals surface area (Å²) in [7, 11) is 2.94. The van der Waals surface area contributed by atoms with E-state index in [0.717, 1.165) is 0 Å². The molecule has 2 aromatic rings. The molecule has 7 heteroatoms. The van der Waals surface area contributed by atoms with Gasteiger partial charge in [-0.15, -0.1) is 0 Å². The Morgan fingerprint density at radius 1 is 1.29 bits per heavy atom. The average molecular weight is 309 g/mol. The van der Waals surface area contributed by atoms with E-state index < -0.39 is 5.91 Å². The fourth-order valence-corrected chi connectivity index (χ4v) is 1.97. The minimum absolute atomic E-state index is 0.0963. The first-order valence-corrected chi connectivity index (χ1v) is 6.30. The molecule has 0 atom stereocenters. The number of methoxy groups -OCH3 is 2. The van der Waals surface area contributed by atoms with Gasteiger partial charge < -0.3 is 19.9 Å². The molecule has 1 aromatic heterocycles. The predicted molar refractivity (Wildman–Crippen MR) is 78.4 cm³/mol. The van der Waals surface area contributed by atoms with Gasteiger partial charge in [-0.05, 0) is 12.1 Å². The number of carbonyl (C=O) groups is 1. The van der Waals surface area contributed by atoms with E-state index in [1.54, 1.807) is 6.07 Å². The molecule has 0 aliphatic rings. The quantitative estimate of drug-likeness (QED) is 0.907. The zero-order valence-electron chi connectivity index (χ0n) is 11.4. The first-order valence-electron chi connectivity index (χ1n) is 5.92. The number of carbonyl (C=O) groups excluding carboxylic acids is 1. The number of hydrogen-bond acceptors (Lipinski definition) is 5. The summed E-state index contributed by atoms with van der Waals surface area (Å²) in [6.07, 6.45) is 2.60. The lowest BCUT2D eigenvalue weighted by molar-refractivity contribution is 0.102. The van der Waals surface area contributed by atoms with Gasteiger partial charge in [-0.1, -0.05) is 11.6 Å². The Kier molecular flexibility index (Phi) is 4.49. The van der Waals surface area contributed by atoms with Crippen LogP contribution in [-0.4, -0.2) is 30.2 Å². The van der Waals surface area contributed by atoms with Gasteiger partial charge in [-0.3, -0.25) is 9.78 Å². The molecule has 1 amide bonds. The third kappa shape index (κ3) is 3.17. The number of aromatic nitrogens is 1. The van der Waals surface area contributed by atoms with Crippen LogP contribution in [-0.2, 0) is 0 Å². The molecular weight excluding hydrogens is 296 g/mol. The normalized spacial score (nSPS) is 10.0. The lowest BCUT2D eigenvalue weighted by Gasteiger charge is -2.13. The number of amides is 1. The highest BCUT2D eigenvalue weighted by molar-refractivity contribution is 6.32. The molecule has 0 bridgehead atoms. The lowest BCUT2D eigenvalue weighted by atomic mass is 10.2. The summed E-state index contributed by atoms with van der Waals surface area (Å²) in [5.74, 6) is 0.0967. The highest BCUT2D eigenvalue weighted by Crippen LogP contribution is 2.36. The third-order valence-corrected chi connectivity index (χ3v) is 3.06. The predicted octanol–water partition coefficient (Wildman–Crippen LogP) is 2.71. The van der Waals surface area contributed by atoms with E-state index in [2.05, 4.69) is 10.3 Å². The van der Waals surface area contributed by atoms with Crippen LogP contribution in [0, 0.1) is 0 Å². The summed E-state index contributed by atoms with van der Waals surface area (Å²) < 4.78 is 10.3. The van der Waals surface area contributed by atoms with Gasteiger partial charge in [0, 0.05) is 12.3 Å². The van der Waals surface area contributed by atoms with Crippen LogP contribution < -0.4 is 14.8 Å². The van der Waals surface area contributed by atoms with Crippen LogP contribution in [0.5, 0.6) is 17.2 Å². The van der Waals surface area contributed by atoms with Crippen LogP contribution in [0.25, 0.3) is 0 Å². The van der Waals surface area contributed by atoms with Crippen LogP contribution in [0.3, 0.4) is 0 Å². The molecule has 1 aromatic carbocycles. The molecule has 2 rings (SSSR count). The topological polar surface area (TPSA) is 80.7 Å². The summed E-state index contributed by atoms with van der Waals surface area (Å²) in [6.45, 7) is 0. The first kappa shape index (κ1) is 14.9. The Morgan fingerprint density at radius 2 is 2.00 bits per heavy atom. The van der Waals surface area contributed by atoms with Crippen molar-refractivity contribution >= 4 is 23.2 Å². The first-order chi connectivity index (χ1) is 10.1. The molecule has 0 radical (unpaired) electrons. The van der Waals surface area contributed by atoms with E-state index in [9.17, 15) is 9.90 Å². The molecule has 6 nitrogen and oxygen atoms in total. The van der Waals surface area contributed by atoms with E-state index in [-0.39, 0.29) is 11.3 Å². The van der Waals surface area contributed by atoms with Crippen LogP contribution in [0.4, 0.5) is 5.69 Å². The molecule has 2 N–H and O–H groups in total. The smallest absolute Gasteiger partial charge is 0.259 e. The Hall–Kier alpha value is -2.47. The average Bonchev–Trinajstić information content (AvgIpc) is 2.48. The van der Waals surface area contributed by atoms with Gasteiger partial charge in [-0.2, -0.15) is 0 Å². The number of halogens is 1. The highest BCUT2D eigenvalue weighted by Gasteiger charge is 2.15. The van der Waals surface area contributed by atoms with E-state index in [4.69, 9.17) is 21.1 Å². The second-order valence-corrected chi connectivity index (χ2v) is 4.44. The fraction of sp³-hybridized carbons (Fsp3) is 0.143. The fourth-order valence-electron chi connectivity index (χ4n) is 1.73. The molecule has 110 valence electrons. The van der Waals surface area contributed by atoms with Crippen LogP contribution in [0.1, 0.15) is 10.4 Å². The van der Waals surface area contributed by atoms with E-state index in [1.807, 2.05) is 0 Å². The number of aromatic hydroxyl groups is 1. The Morgan fingerprint density at radius 3 is 2.62 bits per heavy atom. The van der Waals surface area contributed by atoms with Crippen molar-refractivity contribution in [3.05, 3.63) is 41.2 Å². The SMILES string of the molecule is COc1cc(OC)c(NC(=O)c2ccncc2O)cc1Cl. The number of hydrogen-bond donors (Lipinski definition) is 2. The maximum Gasteiger partial charge on any atom is 0.259 e. The third-order valence-electron chi connectivity index (χ3n) is 2.77. The Bertz CT molecular complexity index is 676. The minimum atomic E-state index is -0.505. The van der Waals surface area contributed by atoms with Gasteiger partial charge in [0.25, 0.3) is 5.91 Å². The van der Waals surface area contributed by atoms with E-state index in [0.29, 0.717) is 22.2 Å². The minimum Gasteiger partial charge on any atom is -0.505 e. The summed E-state index contributed by atoms with van der Waals surface area (Å²) >= 11 is 6.03. The van der Waals surface area contributed by atoms with Gasteiger partial charge >= 0.3 is 0 Å². The van der Waals surface area contributed by atoms with Crippen molar-refractivity contribution in [2.75, 3.05) is 19.5 Å². The zero-order chi connectivity index (χ0) is 15.4. The molecule has 0 spiro atoms. The maximum absolute atomic E-state index is 12.1. The number of benzene rings is 1. The summed E-state index contributed by atoms with van der Waals surface area (Å²) in [5.41, 5.74) is 0.462. The summed E-state index contributed by atoms with van der Waals surface area (Å²) in [5, 5.41) is 12.6. The molecule has 0 aliphatic carbocycles. The van der Waals surface area contributed by atoms with Crippen LogP contribution in [0.15, 0.2) is 30.6 Å². The number of ether oxygens (including phenoxy) is 2. The number of nitrogens with one attached hydrogen (secondary N) is 1. The molecule has 0 saturated carbocycles. The lowest BCUT2D eigenvalue weighted by Crippen LogP contribution is -2.13. The van der Waals surface area contributed by atoms with Gasteiger partial charge in [0.2, 0.25) is 0 Å². The summed E-state index contributed by atoms with van der Waals surface area (Å²) in [4.78, 5) is 15.9. The number of anilines is 1. The molecule has 21 heavy (non-hydrogen) atoms. The van der Waals surface area contributed by atoms with Crippen molar-refractivity contribution in [3.8, 4) is 17.2 Å². The molecular formula is C14H13ClN2O4. The van der Waals surface area contributed by atoms with Crippen molar-refractivity contribution in [1.29, 1.82) is 0 Å². The van der Waals surface area contributed by atoms with Crippen LogP contribution in [0.2, 0.25) is 5.02 Å². The number of rotatable bonds is 4. The standard InChI is InChI=1S/C14H13ClN2O4/c1-20-12-6-13(21-2)10(5-9(12)15)17-14(19)8-3-4-16-7-11(8)18/h3-7,18H,1-2H3,(H,17,19). The molecule has 0 saturated heterocycles. The summed E-state index contributed by atoms with van der Waals surface area (Å²) in [6, 6.07) is 4.47. The Labute approximate surface area is 126 Å². The van der Waals surface area contributed by atoms with Crippen molar-refractivity contribution in [2.24, 2.45) is 0 Å². The number of nitrogens with zero attached hydrogens (tertiary/aromatic N) is 1. The van der Waals surface area contributed by atoms with Crippen molar-refractivity contribution in [1.82, 2.24) is 4.98 Å². The van der Waals surface area contributed by atoms with Gasteiger partial charge in [-0.25, -0.2) is 0 Å². The highest BCUT2D eigenvalue weighted by atomic mass is 35.5. The monoisotopic (exact) mass is 308 g/mol. The number of pyridine rings is 1. The molecule has 0 unspecified atom stereocenters. The van der Waals surface area contributed by atoms with E-state index in [1.165, 1.54) is 38.7 Å². The van der Waals surface area contributed by atoms with Crippen molar-refractivity contribution < 1.29 is 19.4 Å². The zero-order valence-corrected chi connectivity index (χ0v) is 12.1. The van der Waals surface area contributed by atoms with Gasteiger partial charge in [0.1, 0.15) is 17.2 Å². The van der Waals surface area contributed by atoms with E-state index >= 15 is 0 Å². The second-order valence-electron chi connectivity index (χ2n) is 4.03. The van der Waals surface area contributed by atoms with Crippen LogP contribution >= 0.6 is 11.6 Å². The second kappa shape index (κ2) is 6.32. The Balaban J connectivity index is 2.33. The van der Waals surface area contributed by atoms with Gasteiger partial charge in [0.15, 0.2) is 0 Å². The molecule has 0 fully saturated rings. The maximum atomic E-state index is 12.1. The molecule has 1 heterocycles. The molecule has 0 aliphatic heterocycles.